The Balaban J connectivity index is 0.000000336. The van der Waals surface area contributed by atoms with E-state index in [2.05, 4.69) is 12.1 Å². The van der Waals surface area contributed by atoms with Gasteiger partial charge >= 0.3 is 0 Å². The highest BCUT2D eigenvalue weighted by atomic mass is 16.3. The van der Waals surface area contributed by atoms with Crippen molar-refractivity contribution >= 4 is 0 Å². The highest BCUT2D eigenvalue weighted by Crippen LogP contribution is 2.20. The van der Waals surface area contributed by atoms with Crippen molar-refractivity contribution in [2.75, 3.05) is 0 Å². The number of hydrogen-bond acceptors (Lipinski definition) is 1. The molecule has 1 aromatic carbocycles. The monoisotopic (exact) mass is 164 g/mol. The van der Waals surface area contributed by atoms with E-state index >= 15 is 0 Å². The first kappa shape index (κ1) is 9.27. The molecule has 1 N–H and O–H groups in total. The van der Waals surface area contributed by atoms with E-state index in [1.165, 1.54) is 11.1 Å². The standard InChI is InChI=1S/C9H10O.C2H6/c10-9-5-7-3-1-2-4-8(7)6-9;1-2/h1-4,9-10H,5-6H2;1-2H3. The van der Waals surface area contributed by atoms with Gasteiger partial charge in [0.25, 0.3) is 0 Å². The number of hydrogen-bond donors (Lipinski definition) is 1. The van der Waals surface area contributed by atoms with Gasteiger partial charge in [-0.05, 0) is 24.0 Å². The fourth-order valence-electron chi connectivity index (χ4n) is 1.54. The maximum absolute atomic E-state index is 9.25. The summed E-state index contributed by atoms with van der Waals surface area (Å²) in [4.78, 5) is 0. The number of benzene rings is 1. The predicted octanol–water partition coefficient (Wildman–Crippen LogP) is 2.17. The third-order valence-electron chi connectivity index (χ3n) is 2.03. The largest absolute Gasteiger partial charge is 0.392 e. The topological polar surface area (TPSA) is 20.2 Å². The van der Waals surface area contributed by atoms with Gasteiger partial charge in [0, 0.05) is 0 Å². The summed E-state index contributed by atoms with van der Waals surface area (Å²) >= 11 is 0. The van der Waals surface area contributed by atoms with Crippen molar-refractivity contribution in [3.8, 4) is 0 Å². The molecule has 0 saturated carbocycles. The van der Waals surface area contributed by atoms with E-state index in [1.807, 2.05) is 26.0 Å². The Kier molecular flexibility index (Phi) is 3.30. The lowest BCUT2D eigenvalue weighted by atomic mass is 10.1. The summed E-state index contributed by atoms with van der Waals surface area (Å²) in [5.41, 5.74) is 2.63. The molecule has 0 saturated heterocycles. The highest BCUT2D eigenvalue weighted by Gasteiger charge is 2.17. The normalized spacial score (nSPS) is 14.9. The van der Waals surface area contributed by atoms with Crippen LogP contribution in [0.2, 0.25) is 0 Å². The van der Waals surface area contributed by atoms with Gasteiger partial charge in [-0.3, -0.25) is 0 Å². The van der Waals surface area contributed by atoms with Gasteiger partial charge in [0.2, 0.25) is 0 Å². The van der Waals surface area contributed by atoms with Crippen LogP contribution in [-0.4, -0.2) is 11.2 Å². The molecule has 0 bridgehead atoms. The molecular formula is C11H16O. The molecule has 0 amide bonds. The summed E-state index contributed by atoms with van der Waals surface area (Å²) in [5, 5.41) is 9.25. The van der Waals surface area contributed by atoms with Crippen LogP contribution in [-0.2, 0) is 12.8 Å². The fraction of sp³-hybridized carbons (Fsp3) is 0.455. The molecule has 0 radical (unpaired) electrons. The Morgan fingerprint density at radius 3 is 1.92 bits per heavy atom. The van der Waals surface area contributed by atoms with Crippen molar-refractivity contribution in [1.29, 1.82) is 0 Å². The summed E-state index contributed by atoms with van der Waals surface area (Å²) in [6.45, 7) is 4.00. The first-order valence-corrected chi connectivity index (χ1v) is 4.61. The lowest BCUT2D eigenvalue weighted by Crippen LogP contribution is -2.03. The van der Waals surface area contributed by atoms with Crippen molar-refractivity contribution in [2.24, 2.45) is 0 Å². The molecule has 0 unspecified atom stereocenters. The molecule has 1 nitrogen and oxygen atoms in total. The quantitative estimate of drug-likeness (QED) is 0.623. The summed E-state index contributed by atoms with van der Waals surface area (Å²) < 4.78 is 0. The summed E-state index contributed by atoms with van der Waals surface area (Å²) in [6, 6.07) is 8.23. The molecule has 0 fully saturated rings. The van der Waals surface area contributed by atoms with Crippen LogP contribution in [0.4, 0.5) is 0 Å². The summed E-state index contributed by atoms with van der Waals surface area (Å²) in [5.74, 6) is 0. The zero-order chi connectivity index (χ0) is 8.97. The second kappa shape index (κ2) is 4.27. The molecule has 1 aliphatic rings. The van der Waals surface area contributed by atoms with E-state index < -0.39 is 0 Å². The Labute approximate surface area is 74.1 Å². The number of aliphatic hydroxyl groups is 1. The molecule has 66 valence electrons. The van der Waals surface area contributed by atoms with Crippen LogP contribution in [0.25, 0.3) is 0 Å². The minimum absolute atomic E-state index is 0.127. The van der Waals surface area contributed by atoms with E-state index in [0.29, 0.717) is 0 Å². The highest BCUT2D eigenvalue weighted by molar-refractivity contribution is 5.32. The predicted molar refractivity (Wildman–Crippen MR) is 51.2 cm³/mol. The summed E-state index contributed by atoms with van der Waals surface area (Å²) in [6.07, 6.45) is 1.56. The lowest BCUT2D eigenvalue weighted by molar-refractivity contribution is 0.187. The Bertz CT molecular complexity index is 218. The fourth-order valence-corrected chi connectivity index (χ4v) is 1.54. The van der Waals surface area contributed by atoms with Gasteiger partial charge in [-0.15, -0.1) is 0 Å². The van der Waals surface area contributed by atoms with Gasteiger partial charge in [0.15, 0.2) is 0 Å². The molecule has 0 aliphatic heterocycles. The molecule has 0 atom stereocenters. The second-order valence-corrected chi connectivity index (χ2v) is 2.83. The third-order valence-corrected chi connectivity index (χ3v) is 2.03. The lowest BCUT2D eigenvalue weighted by Gasteiger charge is -1.93. The zero-order valence-electron chi connectivity index (χ0n) is 7.75. The van der Waals surface area contributed by atoms with Gasteiger partial charge < -0.3 is 5.11 Å². The first-order valence-electron chi connectivity index (χ1n) is 4.61. The van der Waals surface area contributed by atoms with E-state index in [4.69, 9.17) is 0 Å². The molecule has 1 aliphatic carbocycles. The third kappa shape index (κ3) is 1.86. The van der Waals surface area contributed by atoms with Crippen LogP contribution < -0.4 is 0 Å². The molecule has 0 heterocycles. The first-order chi connectivity index (χ1) is 5.86. The molecule has 1 heteroatoms. The number of rotatable bonds is 0. The van der Waals surface area contributed by atoms with Crippen molar-refractivity contribution in [1.82, 2.24) is 0 Å². The molecule has 0 spiro atoms. The number of fused-ring (bicyclic) bond motifs is 1. The van der Waals surface area contributed by atoms with Crippen LogP contribution in [0, 0.1) is 0 Å². The number of aliphatic hydroxyl groups excluding tert-OH is 1. The SMILES string of the molecule is CC.OC1Cc2ccccc2C1. The Morgan fingerprint density at radius 2 is 1.50 bits per heavy atom. The van der Waals surface area contributed by atoms with E-state index in [9.17, 15) is 5.11 Å². The van der Waals surface area contributed by atoms with E-state index in [0.717, 1.165) is 12.8 Å². The van der Waals surface area contributed by atoms with Crippen molar-refractivity contribution in [2.45, 2.75) is 32.8 Å². The van der Waals surface area contributed by atoms with Crippen LogP contribution in [0.3, 0.4) is 0 Å². The van der Waals surface area contributed by atoms with Gasteiger partial charge in [-0.1, -0.05) is 38.1 Å². The van der Waals surface area contributed by atoms with E-state index in [1.54, 1.807) is 0 Å². The molecule has 1 aromatic rings. The minimum Gasteiger partial charge on any atom is -0.392 e. The van der Waals surface area contributed by atoms with E-state index in [-0.39, 0.29) is 6.10 Å². The van der Waals surface area contributed by atoms with Crippen LogP contribution in [0.15, 0.2) is 24.3 Å². The Hall–Kier alpha value is -0.820. The molecule has 12 heavy (non-hydrogen) atoms. The van der Waals surface area contributed by atoms with Crippen LogP contribution in [0.1, 0.15) is 25.0 Å². The van der Waals surface area contributed by atoms with Gasteiger partial charge in [0.05, 0.1) is 6.10 Å². The smallest absolute Gasteiger partial charge is 0.0621 e. The molecular weight excluding hydrogens is 148 g/mol. The second-order valence-electron chi connectivity index (χ2n) is 2.83. The van der Waals surface area contributed by atoms with Crippen molar-refractivity contribution in [3.63, 3.8) is 0 Å². The maximum Gasteiger partial charge on any atom is 0.0621 e. The van der Waals surface area contributed by atoms with Gasteiger partial charge in [-0.2, -0.15) is 0 Å². The average molecular weight is 164 g/mol. The molecule has 2 rings (SSSR count). The van der Waals surface area contributed by atoms with Crippen molar-refractivity contribution in [3.05, 3.63) is 35.4 Å². The Morgan fingerprint density at radius 1 is 1.08 bits per heavy atom. The molecule has 0 aromatic heterocycles. The maximum atomic E-state index is 9.25. The van der Waals surface area contributed by atoms with Crippen LogP contribution in [0.5, 0.6) is 0 Å². The van der Waals surface area contributed by atoms with Gasteiger partial charge in [0.1, 0.15) is 0 Å². The van der Waals surface area contributed by atoms with Crippen LogP contribution >= 0.6 is 0 Å². The van der Waals surface area contributed by atoms with Crippen molar-refractivity contribution < 1.29 is 5.11 Å². The van der Waals surface area contributed by atoms with Gasteiger partial charge in [-0.25, -0.2) is 0 Å². The zero-order valence-corrected chi connectivity index (χ0v) is 7.75. The minimum atomic E-state index is -0.127. The summed E-state index contributed by atoms with van der Waals surface area (Å²) in [7, 11) is 0. The average Bonchev–Trinajstić information content (AvgIpc) is 2.48.